The second-order valence-corrected chi connectivity index (χ2v) is 21.8. The quantitative estimate of drug-likeness (QED) is 0.0195. The maximum absolute atomic E-state index is 13.3. The summed E-state index contributed by atoms with van der Waals surface area (Å²) in [6.45, 7) is 5.74. The fourth-order valence-corrected chi connectivity index (χ4v) is 9.69. The molecule has 0 aromatic rings. The van der Waals surface area contributed by atoms with Crippen LogP contribution in [0.15, 0.2) is 48.6 Å². The van der Waals surface area contributed by atoms with Crippen LogP contribution in [0, 0.1) is 0 Å². The summed E-state index contributed by atoms with van der Waals surface area (Å²) in [5, 5.41) is 56.7. The molecule has 11 nitrogen and oxygen atoms in total. The molecule has 0 aromatic heterocycles. The van der Waals surface area contributed by atoms with Gasteiger partial charge in [-0.2, -0.15) is 0 Å². The molecule has 1 aliphatic rings. The predicted octanol–water partition coefficient (Wildman–Crippen LogP) is 14.8. The van der Waals surface area contributed by atoms with E-state index in [1.54, 1.807) is 12.2 Å². The Kier molecular flexibility index (Phi) is 49.3. The summed E-state index contributed by atoms with van der Waals surface area (Å²) in [4.78, 5) is 26.5. The third-order valence-corrected chi connectivity index (χ3v) is 14.7. The van der Waals surface area contributed by atoms with Crippen molar-refractivity contribution in [3.05, 3.63) is 48.6 Å². The Morgan fingerprint density at radius 2 is 0.920 bits per heavy atom. The smallest absolute Gasteiger partial charge is 0.306 e. The molecule has 0 aromatic carbocycles. The maximum Gasteiger partial charge on any atom is 0.306 e. The van der Waals surface area contributed by atoms with Gasteiger partial charge in [-0.1, -0.05) is 256 Å². The van der Waals surface area contributed by atoms with E-state index in [2.05, 4.69) is 50.4 Å². The van der Waals surface area contributed by atoms with Crippen molar-refractivity contribution < 1.29 is 49.3 Å². The van der Waals surface area contributed by atoms with Crippen LogP contribution in [0.3, 0.4) is 0 Å². The summed E-state index contributed by atoms with van der Waals surface area (Å²) in [6.07, 6.45) is 53.3. The molecular formula is C64H117NO10. The topological polar surface area (TPSA) is 175 Å². The van der Waals surface area contributed by atoms with Crippen molar-refractivity contribution in [1.29, 1.82) is 0 Å². The van der Waals surface area contributed by atoms with Gasteiger partial charge >= 0.3 is 5.97 Å². The first-order valence-electron chi connectivity index (χ1n) is 31.4. The van der Waals surface area contributed by atoms with Crippen molar-refractivity contribution in [2.24, 2.45) is 0 Å². The molecule has 0 radical (unpaired) electrons. The van der Waals surface area contributed by atoms with E-state index >= 15 is 0 Å². The highest BCUT2D eigenvalue weighted by molar-refractivity contribution is 5.81. The summed E-state index contributed by atoms with van der Waals surface area (Å²) in [6, 6.07) is -1.05. The predicted molar refractivity (Wildman–Crippen MR) is 310 cm³/mol. The summed E-state index contributed by atoms with van der Waals surface area (Å²) in [7, 11) is 0. The minimum atomic E-state index is -1.62. The van der Waals surface area contributed by atoms with Crippen LogP contribution in [0.1, 0.15) is 284 Å². The number of nitrogens with one attached hydrogen (secondary N) is 1. The molecule has 438 valence electrons. The molecule has 8 atom stereocenters. The Hall–Kier alpha value is -2.38. The second kappa shape index (κ2) is 52.3. The number of unbranched alkanes of at least 4 members (excludes halogenated alkanes) is 34. The number of aliphatic hydroxyl groups is 5. The van der Waals surface area contributed by atoms with Crippen LogP contribution in [0.25, 0.3) is 0 Å². The molecule has 6 N–H and O–H groups in total. The van der Waals surface area contributed by atoms with Crippen LogP contribution in [-0.2, 0) is 23.8 Å². The average molecular weight is 1060 g/mol. The molecule has 1 rings (SSSR count). The van der Waals surface area contributed by atoms with Gasteiger partial charge in [0.05, 0.1) is 25.4 Å². The van der Waals surface area contributed by atoms with Gasteiger partial charge in [-0.3, -0.25) is 9.59 Å². The first-order valence-corrected chi connectivity index (χ1v) is 31.4. The largest absolute Gasteiger partial charge is 0.454 e. The lowest BCUT2D eigenvalue weighted by molar-refractivity contribution is -0.305. The first kappa shape index (κ1) is 70.6. The van der Waals surface area contributed by atoms with Crippen LogP contribution in [-0.4, -0.2) is 99.6 Å². The van der Waals surface area contributed by atoms with Gasteiger partial charge in [-0.25, -0.2) is 0 Å². The molecule has 1 saturated heterocycles. The minimum absolute atomic E-state index is 0.0829. The number of rotatable bonds is 53. The second-order valence-electron chi connectivity index (χ2n) is 21.8. The lowest BCUT2D eigenvalue weighted by Crippen LogP contribution is -2.61. The first-order chi connectivity index (χ1) is 36.7. The Morgan fingerprint density at radius 3 is 1.37 bits per heavy atom. The molecule has 1 amide bonds. The van der Waals surface area contributed by atoms with E-state index in [1.165, 1.54) is 186 Å². The van der Waals surface area contributed by atoms with Gasteiger partial charge in [0.25, 0.3) is 0 Å². The zero-order valence-corrected chi connectivity index (χ0v) is 48.4. The maximum atomic E-state index is 13.3. The third-order valence-electron chi connectivity index (χ3n) is 14.7. The summed E-state index contributed by atoms with van der Waals surface area (Å²) >= 11 is 0. The molecule has 1 fully saturated rings. The highest BCUT2D eigenvalue weighted by atomic mass is 16.7. The molecule has 0 bridgehead atoms. The van der Waals surface area contributed by atoms with Gasteiger partial charge in [0.1, 0.15) is 24.4 Å². The Balaban J connectivity index is 2.61. The Morgan fingerprint density at radius 1 is 0.520 bits per heavy atom. The molecule has 1 heterocycles. The van der Waals surface area contributed by atoms with Crippen LogP contribution in [0.5, 0.6) is 0 Å². The molecule has 1 aliphatic heterocycles. The number of carbonyl (C=O) groups excluding carboxylic acids is 2. The summed E-state index contributed by atoms with van der Waals surface area (Å²) in [5.74, 6) is -1.26. The van der Waals surface area contributed by atoms with Gasteiger partial charge in [-0.15, -0.1) is 0 Å². The number of hydrogen-bond donors (Lipinski definition) is 6. The van der Waals surface area contributed by atoms with Crippen molar-refractivity contribution in [3.63, 3.8) is 0 Å². The monoisotopic (exact) mass is 1060 g/mol. The number of hydrogen-bond acceptors (Lipinski definition) is 10. The normalized spacial score (nSPS) is 19.5. The third kappa shape index (κ3) is 40.5. The fourth-order valence-electron chi connectivity index (χ4n) is 9.69. The number of carbonyl (C=O) groups is 2. The van der Waals surface area contributed by atoms with Crippen LogP contribution in [0.4, 0.5) is 0 Å². The van der Waals surface area contributed by atoms with Crippen LogP contribution in [0.2, 0.25) is 0 Å². The summed E-state index contributed by atoms with van der Waals surface area (Å²) in [5.41, 5.74) is 0. The van der Waals surface area contributed by atoms with Crippen molar-refractivity contribution in [2.75, 3.05) is 13.2 Å². The zero-order chi connectivity index (χ0) is 54.7. The molecule has 75 heavy (non-hydrogen) atoms. The molecule has 11 heteroatoms. The van der Waals surface area contributed by atoms with Gasteiger partial charge in [0, 0.05) is 12.8 Å². The number of ether oxygens (including phenoxy) is 3. The lowest BCUT2D eigenvalue weighted by atomic mass is 9.99. The van der Waals surface area contributed by atoms with E-state index in [0.29, 0.717) is 12.8 Å². The van der Waals surface area contributed by atoms with E-state index in [0.717, 1.165) is 51.4 Å². The number of amides is 1. The van der Waals surface area contributed by atoms with E-state index < -0.39 is 67.4 Å². The highest BCUT2D eigenvalue weighted by Gasteiger charge is 2.47. The zero-order valence-electron chi connectivity index (χ0n) is 48.4. The molecule has 8 unspecified atom stereocenters. The van der Waals surface area contributed by atoms with Crippen LogP contribution >= 0.6 is 0 Å². The molecule has 0 aliphatic carbocycles. The number of esters is 1. The van der Waals surface area contributed by atoms with Crippen LogP contribution < -0.4 is 5.32 Å². The highest BCUT2D eigenvalue weighted by Crippen LogP contribution is 2.26. The van der Waals surface area contributed by atoms with E-state index in [1.807, 2.05) is 12.2 Å². The molecule has 0 saturated carbocycles. The van der Waals surface area contributed by atoms with Gasteiger partial charge < -0.3 is 45.1 Å². The lowest BCUT2D eigenvalue weighted by Gasteiger charge is -2.41. The number of aliphatic hydroxyl groups excluding tert-OH is 5. The van der Waals surface area contributed by atoms with Crippen molar-refractivity contribution >= 4 is 11.9 Å². The van der Waals surface area contributed by atoms with Crippen molar-refractivity contribution in [3.8, 4) is 0 Å². The molecular weight excluding hydrogens is 943 g/mol. The summed E-state index contributed by atoms with van der Waals surface area (Å²) < 4.78 is 17.6. The van der Waals surface area contributed by atoms with Crippen molar-refractivity contribution in [1.82, 2.24) is 5.32 Å². The van der Waals surface area contributed by atoms with E-state index in [4.69, 9.17) is 14.2 Å². The van der Waals surface area contributed by atoms with E-state index in [-0.39, 0.29) is 19.4 Å². The standard InChI is InChI=1S/C64H117NO10/c1-4-7-10-13-16-19-22-24-25-26-27-28-29-30-31-32-33-34-37-40-43-46-49-52-59(69)75-62-61(71)60(70)58(53-66)74-64(62)73-54-55(56(67)50-47-44-41-38-35-21-18-15-12-9-6-3)65-63(72)57(68)51-48-45-42-39-36-23-20-17-14-11-8-5-2/h24-25,36,39,45,47-48,50,55-58,60-62,64,66-68,70-71H,4-23,26-35,37-38,40-44,46,49,51-54H2,1-3H3,(H,65,72)/b25-24+,39-36-,48-45+,50-47+. The van der Waals surface area contributed by atoms with Gasteiger partial charge in [0.2, 0.25) is 5.91 Å². The van der Waals surface area contributed by atoms with E-state index in [9.17, 15) is 35.1 Å². The number of allylic oxidation sites excluding steroid dienone is 6. The fraction of sp³-hybridized carbons (Fsp3) is 0.844. The SMILES string of the molecule is CCCCCCCC/C=C\C/C=C/CC(O)C(=O)NC(COC1OC(CO)C(O)C(O)C1OC(=O)CCCCCCCCCCCCCCC/C=C/CCCCCCCC)C(O)/C=C/CCCCCCCCCCC. The molecule has 0 spiro atoms. The Labute approximate surface area is 459 Å². The minimum Gasteiger partial charge on any atom is -0.454 e. The van der Waals surface area contributed by atoms with Crippen molar-refractivity contribution in [2.45, 2.75) is 333 Å². The average Bonchev–Trinajstić information content (AvgIpc) is 3.41. The van der Waals surface area contributed by atoms with Gasteiger partial charge in [-0.05, 0) is 64.2 Å². The van der Waals surface area contributed by atoms with Gasteiger partial charge in [0.15, 0.2) is 12.4 Å². The Bertz CT molecular complexity index is 1400.